The SMILES string of the molecule is COc1cccc(CN(CCO)Cc2ccccc2)c1F. The van der Waals surface area contributed by atoms with E-state index in [0.717, 1.165) is 5.56 Å². The van der Waals surface area contributed by atoms with Crippen molar-refractivity contribution in [3.8, 4) is 5.75 Å². The molecule has 0 aromatic heterocycles. The normalized spacial score (nSPS) is 10.9. The predicted molar refractivity (Wildman–Crippen MR) is 80.6 cm³/mol. The lowest BCUT2D eigenvalue weighted by Gasteiger charge is -2.22. The molecule has 2 aromatic carbocycles. The molecule has 0 bridgehead atoms. The highest BCUT2D eigenvalue weighted by Crippen LogP contribution is 2.21. The quantitative estimate of drug-likeness (QED) is 0.851. The Bertz CT molecular complexity index is 560. The van der Waals surface area contributed by atoms with Gasteiger partial charge in [-0.15, -0.1) is 0 Å². The summed E-state index contributed by atoms with van der Waals surface area (Å²) >= 11 is 0. The van der Waals surface area contributed by atoms with E-state index in [1.54, 1.807) is 18.2 Å². The van der Waals surface area contributed by atoms with E-state index in [0.29, 0.717) is 25.2 Å². The highest BCUT2D eigenvalue weighted by Gasteiger charge is 2.12. The second kappa shape index (κ2) is 7.76. The minimum Gasteiger partial charge on any atom is -0.494 e. The molecule has 3 nitrogen and oxygen atoms in total. The van der Waals surface area contributed by atoms with Gasteiger partial charge in [-0.3, -0.25) is 4.90 Å². The maximum Gasteiger partial charge on any atom is 0.169 e. The zero-order chi connectivity index (χ0) is 15.1. The minimum absolute atomic E-state index is 0.0401. The van der Waals surface area contributed by atoms with Crippen LogP contribution < -0.4 is 4.74 Å². The van der Waals surface area contributed by atoms with Crippen molar-refractivity contribution in [3.63, 3.8) is 0 Å². The third-order valence-electron chi connectivity index (χ3n) is 3.32. The summed E-state index contributed by atoms with van der Waals surface area (Å²) in [6.07, 6.45) is 0. The van der Waals surface area contributed by atoms with Gasteiger partial charge < -0.3 is 9.84 Å². The monoisotopic (exact) mass is 289 g/mol. The summed E-state index contributed by atoms with van der Waals surface area (Å²) in [6, 6.07) is 15.1. The van der Waals surface area contributed by atoms with Gasteiger partial charge >= 0.3 is 0 Å². The molecular weight excluding hydrogens is 269 g/mol. The van der Waals surface area contributed by atoms with E-state index in [2.05, 4.69) is 0 Å². The first kappa shape index (κ1) is 15.5. The van der Waals surface area contributed by atoms with Crippen molar-refractivity contribution in [2.75, 3.05) is 20.3 Å². The van der Waals surface area contributed by atoms with E-state index in [1.807, 2.05) is 35.2 Å². The van der Waals surface area contributed by atoms with Crippen LogP contribution in [0.1, 0.15) is 11.1 Å². The lowest BCUT2D eigenvalue weighted by molar-refractivity contribution is 0.182. The Morgan fingerprint density at radius 2 is 1.81 bits per heavy atom. The Balaban J connectivity index is 2.13. The molecule has 2 rings (SSSR count). The summed E-state index contributed by atoms with van der Waals surface area (Å²) in [4.78, 5) is 2.01. The van der Waals surface area contributed by atoms with Crippen molar-refractivity contribution in [1.82, 2.24) is 4.90 Å². The Labute approximate surface area is 124 Å². The van der Waals surface area contributed by atoms with Crippen LogP contribution in [-0.4, -0.2) is 30.3 Å². The molecule has 0 atom stereocenters. The fourth-order valence-corrected chi connectivity index (χ4v) is 2.27. The summed E-state index contributed by atoms with van der Waals surface area (Å²) in [5.74, 6) is -0.0906. The van der Waals surface area contributed by atoms with Gasteiger partial charge in [0.2, 0.25) is 0 Å². The molecule has 112 valence electrons. The van der Waals surface area contributed by atoms with Crippen LogP contribution >= 0.6 is 0 Å². The number of ether oxygens (including phenoxy) is 1. The number of hydrogen-bond donors (Lipinski definition) is 1. The second-order valence-corrected chi connectivity index (χ2v) is 4.85. The van der Waals surface area contributed by atoms with Gasteiger partial charge in [-0.05, 0) is 11.6 Å². The molecule has 0 amide bonds. The molecule has 0 heterocycles. The Hall–Kier alpha value is -1.91. The average Bonchev–Trinajstić information content (AvgIpc) is 2.50. The van der Waals surface area contributed by atoms with Crippen molar-refractivity contribution < 1.29 is 14.2 Å². The molecule has 0 aliphatic carbocycles. The van der Waals surface area contributed by atoms with Gasteiger partial charge in [0.1, 0.15) is 0 Å². The zero-order valence-corrected chi connectivity index (χ0v) is 12.1. The van der Waals surface area contributed by atoms with Crippen molar-refractivity contribution in [1.29, 1.82) is 0 Å². The van der Waals surface area contributed by atoms with Crippen molar-refractivity contribution in [2.45, 2.75) is 13.1 Å². The fraction of sp³-hybridized carbons (Fsp3) is 0.294. The number of methoxy groups -OCH3 is 1. The maximum absolute atomic E-state index is 14.2. The Morgan fingerprint density at radius 3 is 2.48 bits per heavy atom. The molecular formula is C17H20FNO2. The van der Waals surface area contributed by atoms with Gasteiger partial charge in [0.25, 0.3) is 0 Å². The number of halogens is 1. The third kappa shape index (κ3) is 4.28. The molecule has 1 N–H and O–H groups in total. The summed E-state index contributed by atoms with van der Waals surface area (Å²) in [6.45, 7) is 1.63. The predicted octanol–water partition coefficient (Wildman–Crippen LogP) is 2.83. The summed E-state index contributed by atoms with van der Waals surface area (Å²) in [7, 11) is 1.46. The molecule has 0 radical (unpaired) electrons. The van der Waals surface area contributed by atoms with Crippen LogP contribution in [0.4, 0.5) is 4.39 Å². The van der Waals surface area contributed by atoms with E-state index < -0.39 is 0 Å². The van der Waals surface area contributed by atoms with Crippen LogP contribution in [0.5, 0.6) is 5.75 Å². The van der Waals surface area contributed by atoms with Gasteiger partial charge in [0, 0.05) is 25.2 Å². The highest BCUT2D eigenvalue weighted by atomic mass is 19.1. The van der Waals surface area contributed by atoms with Gasteiger partial charge in [-0.25, -0.2) is 4.39 Å². The van der Waals surface area contributed by atoms with E-state index >= 15 is 0 Å². The van der Waals surface area contributed by atoms with Crippen molar-refractivity contribution >= 4 is 0 Å². The van der Waals surface area contributed by atoms with E-state index in [-0.39, 0.29) is 18.2 Å². The second-order valence-electron chi connectivity index (χ2n) is 4.85. The molecule has 0 fully saturated rings. The van der Waals surface area contributed by atoms with E-state index in [4.69, 9.17) is 4.74 Å². The van der Waals surface area contributed by atoms with Crippen LogP contribution in [0.3, 0.4) is 0 Å². The summed E-state index contributed by atoms with van der Waals surface area (Å²) in [5.41, 5.74) is 1.70. The highest BCUT2D eigenvalue weighted by molar-refractivity contribution is 5.31. The molecule has 2 aromatic rings. The smallest absolute Gasteiger partial charge is 0.169 e. The largest absolute Gasteiger partial charge is 0.494 e. The van der Waals surface area contributed by atoms with Crippen LogP contribution in [0, 0.1) is 5.82 Å². The number of aliphatic hydroxyl groups excluding tert-OH is 1. The van der Waals surface area contributed by atoms with Crippen LogP contribution in [0.15, 0.2) is 48.5 Å². The number of hydrogen-bond acceptors (Lipinski definition) is 3. The number of benzene rings is 2. The Kier molecular flexibility index (Phi) is 5.72. The average molecular weight is 289 g/mol. The minimum atomic E-state index is -0.337. The van der Waals surface area contributed by atoms with Crippen molar-refractivity contribution in [3.05, 3.63) is 65.5 Å². The number of aliphatic hydroxyl groups is 1. The summed E-state index contributed by atoms with van der Waals surface area (Å²) in [5, 5.41) is 9.20. The van der Waals surface area contributed by atoms with Crippen LogP contribution in [-0.2, 0) is 13.1 Å². The topological polar surface area (TPSA) is 32.7 Å². The zero-order valence-electron chi connectivity index (χ0n) is 12.1. The van der Waals surface area contributed by atoms with Crippen molar-refractivity contribution in [2.24, 2.45) is 0 Å². The van der Waals surface area contributed by atoms with Gasteiger partial charge in [0.15, 0.2) is 11.6 Å². The maximum atomic E-state index is 14.2. The third-order valence-corrected chi connectivity index (χ3v) is 3.32. The van der Waals surface area contributed by atoms with Gasteiger partial charge in [-0.2, -0.15) is 0 Å². The van der Waals surface area contributed by atoms with E-state index in [9.17, 15) is 9.50 Å². The molecule has 4 heteroatoms. The molecule has 0 aliphatic heterocycles. The first-order valence-corrected chi connectivity index (χ1v) is 6.93. The van der Waals surface area contributed by atoms with Gasteiger partial charge in [-0.1, -0.05) is 42.5 Å². The molecule has 0 saturated carbocycles. The fourth-order valence-electron chi connectivity index (χ4n) is 2.27. The first-order chi connectivity index (χ1) is 10.2. The molecule has 0 aliphatic rings. The Morgan fingerprint density at radius 1 is 1.05 bits per heavy atom. The lowest BCUT2D eigenvalue weighted by Crippen LogP contribution is -2.26. The van der Waals surface area contributed by atoms with Gasteiger partial charge in [0.05, 0.1) is 13.7 Å². The number of rotatable bonds is 7. The molecule has 21 heavy (non-hydrogen) atoms. The standard InChI is InChI=1S/C17H20FNO2/c1-21-16-9-5-8-15(17(16)18)13-19(10-11-20)12-14-6-3-2-4-7-14/h2-9,20H,10-13H2,1H3. The molecule has 0 unspecified atom stereocenters. The summed E-state index contributed by atoms with van der Waals surface area (Å²) < 4.78 is 19.2. The van der Waals surface area contributed by atoms with Crippen LogP contribution in [0.2, 0.25) is 0 Å². The lowest BCUT2D eigenvalue weighted by atomic mass is 10.1. The van der Waals surface area contributed by atoms with Crippen LogP contribution in [0.25, 0.3) is 0 Å². The first-order valence-electron chi connectivity index (χ1n) is 6.93. The van der Waals surface area contributed by atoms with E-state index in [1.165, 1.54) is 7.11 Å². The molecule has 0 spiro atoms. The molecule has 0 saturated heterocycles. The number of nitrogens with zero attached hydrogens (tertiary/aromatic N) is 1.